The van der Waals surface area contributed by atoms with Crippen LogP contribution in [0.5, 0.6) is 6.01 Å². The van der Waals surface area contributed by atoms with Crippen LogP contribution in [-0.4, -0.2) is 27.1 Å². The molecule has 1 heterocycles. The van der Waals surface area contributed by atoms with Crippen LogP contribution >= 0.6 is 0 Å². The molecular formula is C13H20N4O2. The number of oxime groups is 1. The van der Waals surface area contributed by atoms with Crippen molar-refractivity contribution >= 4 is 5.84 Å². The van der Waals surface area contributed by atoms with Crippen LogP contribution in [0.4, 0.5) is 0 Å². The monoisotopic (exact) mass is 264 g/mol. The normalized spacial score (nSPS) is 24.2. The highest BCUT2D eigenvalue weighted by Crippen LogP contribution is 2.26. The third kappa shape index (κ3) is 3.33. The number of hydrogen-bond donors (Lipinski definition) is 2. The predicted octanol–water partition coefficient (Wildman–Crippen LogP) is 1.84. The van der Waals surface area contributed by atoms with E-state index in [4.69, 9.17) is 15.7 Å². The molecule has 104 valence electrons. The highest BCUT2D eigenvalue weighted by Gasteiger charge is 2.24. The van der Waals surface area contributed by atoms with Gasteiger partial charge in [0.25, 0.3) is 0 Å². The highest BCUT2D eigenvalue weighted by molar-refractivity contribution is 5.95. The summed E-state index contributed by atoms with van der Waals surface area (Å²) in [7, 11) is 0. The summed E-state index contributed by atoms with van der Waals surface area (Å²) in [6, 6.07) is 1.96. The summed E-state index contributed by atoms with van der Waals surface area (Å²) in [6.45, 7) is 4.01. The van der Waals surface area contributed by atoms with E-state index in [2.05, 4.69) is 22.0 Å². The number of amidine groups is 1. The molecule has 1 aromatic heterocycles. The van der Waals surface area contributed by atoms with Gasteiger partial charge in [-0.3, -0.25) is 0 Å². The Morgan fingerprint density at radius 3 is 2.84 bits per heavy atom. The van der Waals surface area contributed by atoms with Gasteiger partial charge in [0.1, 0.15) is 11.8 Å². The molecule has 1 aliphatic rings. The van der Waals surface area contributed by atoms with Gasteiger partial charge < -0.3 is 15.7 Å². The van der Waals surface area contributed by atoms with Crippen molar-refractivity contribution in [2.24, 2.45) is 16.8 Å². The van der Waals surface area contributed by atoms with Crippen LogP contribution in [0.15, 0.2) is 11.2 Å². The highest BCUT2D eigenvalue weighted by atomic mass is 16.5. The quantitative estimate of drug-likeness (QED) is 0.376. The molecule has 1 fully saturated rings. The van der Waals surface area contributed by atoms with Crippen LogP contribution in [0.3, 0.4) is 0 Å². The first-order chi connectivity index (χ1) is 9.10. The van der Waals surface area contributed by atoms with Gasteiger partial charge in [0.05, 0.1) is 0 Å². The van der Waals surface area contributed by atoms with Gasteiger partial charge in [-0.25, -0.2) is 4.98 Å². The van der Waals surface area contributed by atoms with Crippen LogP contribution in [0.1, 0.15) is 44.0 Å². The van der Waals surface area contributed by atoms with E-state index in [1.54, 1.807) is 6.07 Å². The van der Waals surface area contributed by atoms with Gasteiger partial charge in [0, 0.05) is 5.69 Å². The Morgan fingerprint density at radius 2 is 2.16 bits per heavy atom. The third-order valence-corrected chi connectivity index (χ3v) is 3.49. The molecule has 0 aromatic carbocycles. The second-order valence-corrected chi connectivity index (χ2v) is 5.08. The number of nitrogens with two attached hydrogens (primary N) is 1. The van der Waals surface area contributed by atoms with Crippen molar-refractivity contribution in [2.45, 2.75) is 45.6 Å². The lowest BCUT2D eigenvalue weighted by atomic mass is 9.88. The number of nitrogens with zero attached hydrogens (tertiary/aromatic N) is 3. The van der Waals surface area contributed by atoms with Crippen molar-refractivity contribution in [3.8, 4) is 6.01 Å². The summed E-state index contributed by atoms with van der Waals surface area (Å²) >= 11 is 0. The molecule has 2 unspecified atom stereocenters. The Kier molecular flexibility index (Phi) is 4.19. The van der Waals surface area contributed by atoms with E-state index in [1.165, 1.54) is 19.3 Å². The minimum absolute atomic E-state index is 0.0351. The van der Waals surface area contributed by atoms with Crippen molar-refractivity contribution in [1.29, 1.82) is 0 Å². The molecule has 0 spiro atoms. The Bertz CT molecular complexity index is 476. The molecule has 0 radical (unpaired) electrons. The van der Waals surface area contributed by atoms with Crippen molar-refractivity contribution in [2.75, 3.05) is 0 Å². The second kappa shape index (κ2) is 5.86. The minimum Gasteiger partial charge on any atom is -0.460 e. The van der Waals surface area contributed by atoms with Gasteiger partial charge >= 0.3 is 6.01 Å². The van der Waals surface area contributed by atoms with E-state index in [0.717, 1.165) is 12.1 Å². The van der Waals surface area contributed by atoms with Crippen LogP contribution in [0.25, 0.3) is 0 Å². The Morgan fingerprint density at radius 1 is 1.42 bits per heavy atom. The molecular weight excluding hydrogens is 244 g/mol. The van der Waals surface area contributed by atoms with Gasteiger partial charge in [-0.2, -0.15) is 4.98 Å². The summed E-state index contributed by atoms with van der Waals surface area (Å²) in [5.74, 6) is 0.470. The third-order valence-electron chi connectivity index (χ3n) is 3.49. The average Bonchev–Trinajstić information content (AvgIpc) is 2.40. The lowest BCUT2D eigenvalue weighted by molar-refractivity contribution is 0.0920. The summed E-state index contributed by atoms with van der Waals surface area (Å²) in [6.07, 6.45) is 4.77. The standard InChI is InChI=1S/C13H20N4O2/c1-8-5-3-4-6-11(8)19-13-15-9(2)7-10(16-13)12(14)17-18/h7-8,11,18H,3-6H2,1-2H3,(H2,14,17). The molecule has 1 aromatic rings. The van der Waals surface area contributed by atoms with Gasteiger partial charge in [-0.1, -0.05) is 18.5 Å². The number of hydrogen-bond acceptors (Lipinski definition) is 5. The summed E-state index contributed by atoms with van der Waals surface area (Å²) in [5, 5.41) is 11.6. The van der Waals surface area contributed by atoms with Crippen LogP contribution in [-0.2, 0) is 0 Å². The van der Waals surface area contributed by atoms with Gasteiger partial charge in [0.15, 0.2) is 5.84 Å². The van der Waals surface area contributed by atoms with Crippen molar-refractivity contribution in [3.63, 3.8) is 0 Å². The molecule has 2 rings (SSSR count). The topological polar surface area (TPSA) is 93.6 Å². The van der Waals surface area contributed by atoms with Gasteiger partial charge in [-0.15, -0.1) is 0 Å². The zero-order valence-electron chi connectivity index (χ0n) is 11.3. The maximum Gasteiger partial charge on any atom is 0.317 e. The lowest BCUT2D eigenvalue weighted by Gasteiger charge is -2.28. The van der Waals surface area contributed by atoms with E-state index in [-0.39, 0.29) is 11.9 Å². The molecule has 1 aliphatic carbocycles. The Hall–Kier alpha value is -1.85. The number of rotatable bonds is 3. The minimum atomic E-state index is -0.0351. The van der Waals surface area contributed by atoms with E-state index in [1.807, 2.05) is 6.92 Å². The summed E-state index contributed by atoms with van der Waals surface area (Å²) in [5.41, 5.74) is 6.66. The molecule has 6 nitrogen and oxygen atoms in total. The van der Waals surface area contributed by atoms with Crippen LogP contribution < -0.4 is 10.5 Å². The molecule has 19 heavy (non-hydrogen) atoms. The fraction of sp³-hybridized carbons (Fsp3) is 0.615. The number of ether oxygens (including phenoxy) is 1. The van der Waals surface area contributed by atoms with Crippen molar-refractivity contribution < 1.29 is 9.94 Å². The maximum absolute atomic E-state index is 8.70. The molecule has 2 atom stereocenters. The molecule has 0 saturated heterocycles. The van der Waals surface area contributed by atoms with Crippen molar-refractivity contribution in [3.05, 3.63) is 17.5 Å². The first kappa shape index (κ1) is 13.6. The summed E-state index contributed by atoms with van der Waals surface area (Å²) < 4.78 is 5.87. The SMILES string of the molecule is Cc1cc(/C(N)=N/O)nc(OC2CCCCC2C)n1. The van der Waals surface area contributed by atoms with E-state index >= 15 is 0 Å². The fourth-order valence-corrected chi connectivity index (χ4v) is 2.37. The van der Waals surface area contributed by atoms with E-state index < -0.39 is 0 Å². The predicted molar refractivity (Wildman–Crippen MR) is 71.3 cm³/mol. The molecule has 1 saturated carbocycles. The van der Waals surface area contributed by atoms with Gasteiger partial charge in [0.2, 0.25) is 0 Å². The smallest absolute Gasteiger partial charge is 0.317 e. The second-order valence-electron chi connectivity index (χ2n) is 5.08. The fourth-order valence-electron chi connectivity index (χ4n) is 2.37. The van der Waals surface area contributed by atoms with E-state index in [9.17, 15) is 0 Å². The molecule has 0 aliphatic heterocycles. The zero-order valence-corrected chi connectivity index (χ0v) is 11.3. The number of aryl methyl sites for hydroxylation is 1. The molecule has 0 amide bonds. The van der Waals surface area contributed by atoms with Crippen LogP contribution in [0.2, 0.25) is 0 Å². The largest absolute Gasteiger partial charge is 0.460 e. The first-order valence-corrected chi connectivity index (χ1v) is 6.60. The Balaban J connectivity index is 2.17. The molecule has 3 N–H and O–H groups in total. The van der Waals surface area contributed by atoms with E-state index in [0.29, 0.717) is 17.6 Å². The zero-order chi connectivity index (χ0) is 13.8. The van der Waals surface area contributed by atoms with Gasteiger partial charge in [-0.05, 0) is 38.2 Å². The molecule has 0 bridgehead atoms. The molecule has 6 heteroatoms. The lowest BCUT2D eigenvalue weighted by Crippen LogP contribution is -2.29. The Labute approximate surface area is 112 Å². The van der Waals surface area contributed by atoms with Crippen LogP contribution in [0, 0.1) is 12.8 Å². The average molecular weight is 264 g/mol. The van der Waals surface area contributed by atoms with Crippen molar-refractivity contribution in [1.82, 2.24) is 9.97 Å². The number of aromatic nitrogens is 2. The maximum atomic E-state index is 8.70. The first-order valence-electron chi connectivity index (χ1n) is 6.60. The summed E-state index contributed by atoms with van der Waals surface area (Å²) in [4.78, 5) is 8.44.